The summed E-state index contributed by atoms with van der Waals surface area (Å²) in [7, 11) is 3.38. The Morgan fingerprint density at radius 1 is 1.36 bits per heavy atom. The van der Waals surface area contributed by atoms with Crippen molar-refractivity contribution in [2.45, 2.75) is 17.6 Å². The van der Waals surface area contributed by atoms with Gasteiger partial charge in [0.15, 0.2) is 0 Å². The minimum atomic E-state index is -0.556. The van der Waals surface area contributed by atoms with E-state index in [4.69, 9.17) is 15.2 Å². The Bertz CT molecular complexity index is 797. The molecular weight excluding hydrogens is 376 g/mol. The quantitative estimate of drug-likeness (QED) is 0.301. The van der Waals surface area contributed by atoms with Crippen molar-refractivity contribution >= 4 is 35.6 Å². The minimum Gasteiger partial charge on any atom is -0.478 e. The maximum Gasteiger partial charge on any atom is 0.214 e. The van der Waals surface area contributed by atoms with Gasteiger partial charge in [0.05, 0.1) is 30.7 Å². The highest BCUT2D eigenvalue weighted by Crippen LogP contribution is 2.31. The van der Waals surface area contributed by atoms with Gasteiger partial charge in [0.1, 0.15) is 5.03 Å². The molecule has 1 aromatic carbocycles. The summed E-state index contributed by atoms with van der Waals surface area (Å²) in [4.78, 5) is 8.64. The molecule has 1 atom stereocenters. The zero-order valence-corrected chi connectivity index (χ0v) is 16.9. The van der Waals surface area contributed by atoms with E-state index in [-0.39, 0.29) is 6.61 Å². The normalized spacial score (nSPS) is 12.5. The first kappa shape index (κ1) is 21.7. The molecule has 0 aliphatic rings. The zero-order valence-electron chi connectivity index (χ0n) is 16.1. The molecule has 0 radical (unpaired) electrons. The van der Waals surface area contributed by atoms with Crippen molar-refractivity contribution in [1.82, 2.24) is 4.98 Å². The Balaban J connectivity index is 2.10. The van der Waals surface area contributed by atoms with E-state index in [0.717, 1.165) is 22.0 Å². The summed E-state index contributed by atoms with van der Waals surface area (Å²) in [6.07, 6.45) is -0.0904. The van der Waals surface area contributed by atoms with Crippen LogP contribution in [-0.2, 0) is 4.74 Å². The summed E-state index contributed by atoms with van der Waals surface area (Å²) in [5.41, 5.74) is 8.94. The van der Waals surface area contributed by atoms with Crippen LogP contribution in [0.4, 0.5) is 11.4 Å². The molecule has 0 saturated carbocycles. The lowest BCUT2D eigenvalue weighted by atomic mass is 10.2. The second-order valence-electron chi connectivity index (χ2n) is 5.90. The van der Waals surface area contributed by atoms with Crippen LogP contribution in [0, 0.1) is 0 Å². The van der Waals surface area contributed by atoms with Crippen LogP contribution in [0.25, 0.3) is 5.70 Å². The van der Waals surface area contributed by atoms with E-state index in [9.17, 15) is 5.11 Å². The molecular formula is C20H26N4O3S. The van der Waals surface area contributed by atoms with Crippen molar-refractivity contribution in [3.8, 4) is 5.88 Å². The fourth-order valence-corrected chi connectivity index (χ4v) is 3.19. The van der Waals surface area contributed by atoms with E-state index >= 15 is 0 Å². The molecule has 0 aliphatic heterocycles. The minimum absolute atomic E-state index is 0.282. The van der Waals surface area contributed by atoms with Crippen LogP contribution in [0.1, 0.15) is 12.0 Å². The molecule has 7 nitrogen and oxygen atoms in total. The number of hydrogen-bond acceptors (Lipinski definition) is 8. The number of anilines is 2. The van der Waals surface area contributed by atoms with Crippen LogP contribution in [0.5, 0.6) is 5.88 Å². The van der Waals surface area contributed by atoms with E-state index in [2.05, 4.69) is 22.0 Å². The second kappa shape index (κ2) is 11.3. The van der Waals surface area contributed by atoms with Crippen molar-refractivity contribution in [3.63, 3.8) is 0 Å². The number of rotatable bonds is 11. The molecule has 2 rings (SSSR count). The Hall–Kier alpha value is -2.55. The number of aromatic nitrogens is 1. The summed E-state index contributed by atoms with van der Waals surface area (Å²) in [6.45, 7) is 4.28. The van der Waals surface area contributed by atoms with E-state index in [1.165, 1.54) is 11.8 Å². The Kier molecular flexibility index (Phi) is 8.80. The number of hydrogen-bond donors (Lipinski definition) is 3. The standard InChI is InChI=1S/C20H26N4O3S/c1-22-17-8-9-19(27-11-10-16(25)12-26-3)24-20(17)28-13-18(23-2)14-4-6-15(21)7-5-14/h4-9,13,16,22,25H,2,10-12,21H2,1,3H3/b18-13-. The average Bonchev–Trinajstić information content (AvgIpc) is 2.70. The topological polar surface area (TPSA) is 102 Å². The molecule has 0 saturated heterocycles. The maximum atomic E-state index is 9.69. The molecule has 150 valence electrons. The van der Waals surface area contributed by atoms with E-state index < -0.39 is 6.10 Å². The fraction of sp³-hybridized carbons (Fsp3) is 0.300. The lowest BCUT2D eigenvalue weighted by Crippen LogP contribution is -2.17. The van der Waals surface area contributed by atoms with Crippen molar-refractivity contribution in [2.24, 2.45) is 4.99 Å². The number of nitrogen functional groups attached to an aromatic ring is 1. The largest absolute Gasteiger partial charge is 0.478 e. The molecule has 2 aromatic rings. The number of benzene rings is 1. The lowest BCUT2D eigenvalue weighted by Gasteiger charge is -2.12. The fourth-order valence-electron chi connectivity index (χ4n) is 2.32. The van der Waals surface area contributed by atoms with Gasteiger partial charge in [-0.25, -0.2) is 4.98 Å². The molecule has 0 bridgehead atoms. The molecule has 1 unspecified atom stereocenters. The van der Waals surface area contributed by atoms with Crippen molar-refractivity contribution < 1.29 is 14.6 Å². The van der Waals surface area contributed by atoms with Crippen molar-refractivity contribution in [1.29, 1.82) is 0 Å². The molecule has 0 amide bonds. The van der Waals surface area contributed by atoms with Gasteiger partial charge in [-0.05, 0) is 24.9 Å². The molecule has 28 heavy (non-hydrogen) atoms. The molecule has 4 N–H and O–H groups in total. The van der Waals surface area contributed by atoms with Gasteiger partial charge in [0.25, 0.3) is 0 Å². The number of aliphatic hydroxyl groups excluding tert-OH is 1. The number of nitrogens with one attached hydrogen (secondary N) is 1. The first-order valence-electron chi connectivity index (χ1n) is 8.75. The summed E-state index contributed by atoms with van der Waals surface area (Å²) in [5, 5.41) is 15.4. The molecule has 0 spiro atoms. The van der Waals surface area contributed by atoms with E-state index in [0.29, 0.717) is 24.6 Å². The first-order chi connectivity index (χ1) is 13.6. The van der Waals surface area contributed by atoms with Crippen LogP contribution < -0.4 is 15.8 Å². The van der Waals surface area contributed by atoms with Gasteiger partial charge in [0.2, 0.25) is 5.88 Å². The highest BCUT2D eigenvalue weighted by Gasteiger charge is 2.09. The summed E-state index contributed by atoms with van der Waals surface area (Å²) in [6, 6.07) is 11.1. The molecule has 0 fully saturated rings. The Labute approximate surface area is 169 Å². The second-order valence-corrected chi connectivity index (χ2v) is 6.76. The molecule has 8 heteroatoms. The Morgan fingerprint density at radius 3 is 2.75 bits per heavy atom. The zero-order chi connectivity index (χ0) is 20.4. The van der Waals surface area contributed by atoms with Crippen LogP contribution in [0.3, 0.4) is 0 Å². The number of pyridine rings is 1. The van der Waals surface area contributed by atoms with Gasteiger partial charge in [0, 0.05) is 43.3 Å². The molecule has 1 heterocycles. The van der Waals surface area contributed by atoms with Gasteiger partial charge >= 0.3 is 0 Å². The Morgan fingerprint density at radius 2 is 2.11 bits per heavy atom. The van der Waals surface area contributed by atoms with Gasteiger partial charge in [-0.15, -0.1) is 0 Å². The van der Waals surface area contributed by atoms with Gasteiger partial charge in [-0.1, -0.05) is 23.9 Å². The molecule has 1 aromatic heterocycles. The van der Waals surface area contributed by atoms with Gasteiger partial charge in [-0.3, -0.25) is 4.99 Å². The maximum absolute atomic E-state index is 9.69. The number of nitrogens with zero attached hydrogens (tertiary/aromatic N) is 2. The monoisotopic (exact) mass is 402 g/mol. The third-order valence-corrected chi connectivity index (χ3v) is 4.70. The van der Waals surface area contributed by atoms with Gasteiger partial charge < -0.3 is 25.6 Å². The highest BCUT2D eigenvalue weighted by atomic mass is 32.2. The number of aliphatic hydroxyl groups is 1. The number of ether oxygens (including phenoxy) is 2. The van der Waals surface area contributed by atoms with E-state index in [1.807, 2.05) is 42.8 Å². The number of nitrogens with two attached hydrogens (primary N) is 1. The summed E-state index contributed by atoms with van der Waals surface area (Å²) >= 11 is 1.42. The van der Waals surface area contributed by atoms with Crippen LogP contribution in [0.15, 0.2) is 51.8 Å². The third-order valence-electron chi connectivity index (χ3n) is 3.82. The predicted octanol–water partition coefficient (Wildman–Crippen LogP) is 3.27. The van der Waals surface area contributed by atoms with Crippen LogP contribution in [-0.4, -0.2) is 50.3 Å². The van der Waals surface area contributed by atoms with Crippen molar-refractivity contribution in [3.05, 3.63) is 47.4 Å². The lowest BCUT2D eigenvalue weighted by molar-refractivity contribution is 0.0496. The number of methoxy groups -OCH3 is 1. The summed E-state index contributed by atoms with van der Waals surface area (Å²) in [5.74, 6) is 0.486. The summed E-state index contributed by atoms with van der Waals surface area (Å²) < 4.78 is 10.6. The third kappa shape index (κ3) is 6.56. The smallest absolute Gasteiger partial charge is 0.214 e. The molecule has 0 aliphatic carbocycles. The first-order valence-corrected chi connectivity index (χ1v) is 9.63. The average molecular weight is 403 g/mol. The van der Waals surface area contributed by atoms with Crippen LogP contribution in [0.2, 0.25) is 0 Å². The number of aliphatic imine (C=N–C) groups is 1. The SMILES string of the molecule is C=N/C(=C\Sc1nc(OCCC(O)COC)ccc1NC)c1ccc(N)cc1. The number of thioether (sulfide) groups is 1. The highest BCUT2D eigenvalue weighted by molar-refractivity contribution is 8.02. The van der Waals surface area contributed by atoms with Crippen molar-refractivity contribution in [2.75, 3.05) is 38.4 Å². The van der Waals surface area contributed by atoms with E-state index in [1.54, 1.807) is 13.2 Å². The predicted molar refractivity (Wildman–Crippen MR) is 116 cm³/mol. The van der Waals surface area contributed by atoms with Crippen LogP contribution >= 0.6 is 11.8 Å². The van der Waals surface area contributed by atoms with Gasteiger partial charge in [-0.2, -0.15) is 0 Å².